The molecule has 0 aliphatic heterocycles. The van der Waals surface area contributed by atoms with Gasteiger partial charge in [0.1, 0.15) is 12.8 Å². The molecule has 1 N–H and O–H groups in total. The SMILES string of the molecule is CO/N=C(\C)c1cccc(CC(C)CO)n1. The molecule has 0 aliphatic rings. The van der Waals surface area contributed by atoms with Crippen molar-refractivity contribution in [1.82, 2.24) is 4.98 Å². The van der Waals surface area contributed by atoms with Crippen LogP contribution in [0, 0.1) is 5.92 Å². The monoisotopic (exact) mass is 222 g/mol. The van der Waals surface area contributed by atoms with Crippen molar-refractivity contribution in [2.45, 2.75) is 20.3 Å². The fourth-order valence-electron chi connectivity index (χ4n) is 1.40. The Morgan fingerprint density at radius 2 is 2.31 bits per heavy atom. The predicted octanol–water partition coefficient (Wildman–Crippen LogP) is 1.62. The Kier molecular flexibility index (Phi) is 4.92. The van der Waals surface area contributed by atoms with E-state index in [9.17, 15) is 0 Å². The maximum Gasteiger partial charge on any atom is 0.106 e. The van der Waals surface area contributed by atoms with E-state index >= 15 is 0 Å². The first-order valence-corrected chi connectivity index (χ1v) is 5.32. The van der Waals surface area contributed by atoms with Gasteiger partial charge in [0.05, 0.1) is 5.69 Å². The van der Waals surface area contributed by atoms with Gasteiger partial charge in [0, 0.05) is 12.3 Å². The lowest BCUT2D eigenvalue weighted by Crippen LogP contribution is -2.08. The number of hydrogen-bond donors (Lipinski definition) is 1. The average molecular weight is 222 g/mol. The van der Waals surface area contributed by atoms with E-state index in [0.717, 1.165) is 23.5 Å². The number of pyridine rings is 1. The van der Waals surface area contributed by atoms with E-state index in [1.807, 2.05) is 32.0 Å². The molecule has 1 rings (SSSR count). The van der Waals surface area contributed by atoms with Gasteiger partial charge in [-0.2, -0.15) is 0 Å². The molecule has 1 heterocycles. The summed E-state index contributed by atoms with van der Waals surface area (Å²) in [5, 5.41) is 12.8. The summed E-state index contributed by atoms with van der Waals surface area (Å²) in [4.78, 5) is 9.17. The van der Waals surface area contributed by atoms with Gasteiger partial charge in [-0.1, -0.05) is 18.1 Å². The molecule has 1 aromatic rings. The molecule has 1 atom stereocenters. The zero-order valence-electron chi connectivity index (χ0n) is 9.97. The van der Waals surface area contributed by atoms with Crippen LogP contribution in [0.5, 0.6) is 0 Å². The summed E-state index contributed by atoms with van der Waals surface area (Å²) < 4.78 is 0. The van der Waals surface area contributed by atoms with Gasteiger partial charge in [0.15, 0.2) is 0 Å². The Morgan fingerprint density at radius 3 is 2.94 bits per heavy atom. The molecule has 16 heavy (non-hydrogen) atoms. The zero-order chi connectivity index (χ0) is 12.0. The normalized spacial score (nSPS) is 13.6. The quantitative estimate of drug-likeness (QED) is 0.608. The average Bonchev–Trinajstić information content (AvgIpc) is 2.29. The molecule has 0 amide bonds. The lowest BCUT2D eigenvalue weighted by Gasteiger charge is -2.08. The van der Waals surface area contributed by atoms with Crippen LogP contribution in [0.15, 0.2) is 23.4 Å². The van der Waals surface area contributed by atoms with Crippen LogP contribution in [0.4, 0.5) is 0 Å². The van der Waals surface area contributed by atoms with Crippen molar-refractivity contribution in [3.8, 4) is 0 Å². The third-order valence-electron chi connectivity index (χ3n) is 2.27. The van der Waals surface area contributed by atoms with Gasteiger partial charge in [-0.05, 0) is 31.4 Å². The van der Waals surface area contributed by atoms with E-state index in [1.54, 1.807) is 0 Å². The number of aliphatic hydroxyl groups excluding tert-OH is 1. The van der Waals surface area contributed by atoms with E-state index in [2.05, 4.69) is 10.1 Å². The second-order valence-electron chi connectivity index (χ2n) is 3.87. The molecular formula is C12H18N2O2. The summed E-state index contributed by atoms with van der Waals surface area (Å²) in [6.07, 6.45) is 0.768. The van der Waals surface area contributed by atoms with Gasteiger partial charge >= 0.3 is 0 Å². The smallest absolute Gasteiger partial charge is 0.106 e. The summed E-state index contributed by atoms with van der Waals surface area (Å²) in [5.74, 6) is 0.224. The van der Waals surface area contributed by atoms with Gasteiger partial charge in [0.2, 0.25) is 0 Å². The van der Waals surface area contributed by atoms with Crippen molar-refractivity contribution >= 4 is 5.71 Å². The van der Waals surface area contributed by atoms with Crippen LogP contribution in [0.3, 0.4) is 0 Å². The van der Waals surface area contributed by atoms with Crippen LogP contribution in [0.2, 0.25) is 0 Å². The molecule has 0 spiro atoms. The maximum absolute atomic E-state index is 8.99. The molecule has 0 aromatic carbocycles. The highest BCUT2D eigenvalue weighted by Crippen LogP contribution is 2.07. The highest BCUT2D eigenvalue weighted by molar-refractivity contribution is 5.96. The van der Waals surface area contributed by atoms with Crippen LogP contribution >= 0.6 is 0 Å². The highest BCUT2D eigenvalue weighted by Gasteiger charge is 2.05. The fraction of sp³-hybridized carbons (Fsp3) is 0.500. The minimum absolute atomic E-state index is 0.178. The van der Waals surface area contributed by atoms with Crippen LogP contribution in [0.25, 0.3) is 0 Å². The summed E-state index contributed by atoms with van der Waals surface area (Å²) in [5.41, 5.74) is 2.52. The van der Waals surface area contributed by atoms with Gasteiger partial charge in [-0.15, -0.1) is 0 Å². The third kappa shape index (κ3) is 3.62. The van der Waals surface area contributed by atoms with E-state index < -0.39 is 0 Å². The number of oxime groups is 1. The molecule has 1 aromatic heterocycles. The molecule has 88 valence electrons. The van der Waals surface area contributed by atoms with Crippen molar-refractivity contribution in [2.75, 3.05) is 13.7 Å². The predicted molar refractivity (Wildman–Crippen MR) is 63.4 cm³/mol. The van der Waals surface area contributed by atoms with E-state index in [0.29, 0.717) is 0 Å². The maximum atomic E-state index is 8.99. The molecule has 0 aliphatic carbocycles. The Labute approximate surface area is 96.0 Å². The van der Waals surface area contributed by atoms with Crippen LogP contribution in [-0.2, 0) is 11.3 Å². The van der Waals surface area contributed by atoms with Crippen LogP contribution < -0.4 is 0 Å². The number of rotatable bonds is 5. The standard InChI is InChI=1S/C12H18N2O2/c1-9(8-15)7-11-5-4-6-12(13-11)10(2)14-16-3/h4-6,9,15H,7-8H2,1-3H3/b14-10+. The molecule has 0 radical (unpaired) electrons. The van der Waals surface area contributed by atoms with E-state index in [1.165, 1.54) is 7.11 Å². The lowest BCUT2D eigenvalue weighted by molar-refractivity contribution is 0.213. The minimum Gasteiger partial charge on any atom is -0.399 e. The molecule has 0 fully saturated rings. The molecular weight excluding hydrogens is 204 g/mol. The first kappa shape index (κ1) is 12.6. The van der Waals surface area contributed by atoms with Gasteiger partial charge in [0.25, 0.3) is 0 Å². The molecule has 4 heteroatoms. The molecule has 0 bridgehead atoms. The van der Waals surface area contributed by atoms with Crippen LogP contribution in [-0.4, -0.2) is 29.5 Å². The fourth-order valence-corrected chi connectivity index (χ4v) is 1.40. The highest BCUT2D eigenvalue weighted by atomic mass is 16.6. The van der Waals surface area contributed by atoms with Crippen molar-refractivity contribution < 1.29 is 9.94 Å². The third-order valence-corrected chi connectivity index (χ3v) is 2.27. The zero-order valence-corrected chi connectivity index (χ0v) is 9.97. The first-order valence-electron chi connectivity index (χ1n) is 5.32. The number of aliphatic hydroxyl groups is 1. The van der Waals surface area contributed by atoms with Crippen molar-refractivity contribution in [3.05, 3.63) is 29.6 Å². The topological polar surface area (TPSA) is 54.7 Å². The van der Waals surface area contributed by atoms with Gasteiger partial charge in [-0.3, -0.25) is 4.98 Å². The lowest BCUT2D eigenvalue weighted by atomic mass is 10.1. The Morgan fingerprint density at radius 1 is 1.56 bits per heavy atom. The number of aromatic nitrogens is 1. The summed E-state index contributed by atoms with van der Waals surface area (Å²) in [6.45, 7) is 4.02. The second kappa shape index (κ2) is 6.23. The summed E-state index contributed by atoms with van der Waals surface area (Å²) in [7, 11) is 1.52. The Bertz CT molecular complexity index is 364. The molecule has 0 saturated carbocycles. The van der Waals surface area contributed by atoms with Crippen molar-refractivity contribution in [2.24, 2.45) is 11.1 Å². The van der Waals surface area contributed by atoms with Crippen LogP contribution in [0.1, 0.15) is 25.2 Å². The van der Waals surface area contributed by atoms with E-state index in [4.69, 9.17) is 9.94 Å². The Hall–Kier alpha value is -1.42. The summed E-state index contributed by atoms with van der Waals surface area (Å²) >= 11 is 0. The summed E-state index contributed by atoms with van der Waals surface area (Å²) in [6, 6.07) is 5.79. The first-order chi connectivity index (χ1) is 7.67. The minimum atomic E-state index is 0.178. The molecule has 0 saturated heterocycles. The van der Waals surface area contributed by atoms with E-state index in [-0.39, 0.29) is 12.5 Å². The second-order valence-corrected chi connectivity index (χ2v) is 3.87. The molecule has 4 nitrogen and oxygen atoms in total. The number of hydrogen-bond acceptors (Lipinski definition) is 4. The van der Waals surface area contributed by atoms with Crippen molar-refractivity contribution in [3.63, 3.8) is 0 Å². The Balaban J connectivity index is 2.82. The van der Waals surface area contributed by atoms with Gasteiger partial charge in [-0.25, -0.2) is 0 Å². The van der Waals surface area contributed by atoms with Crippen molar-refractivity contribution in [1.29, 1.82) is 0 Å². The number of nitrogens with zero attached hydrogens (tertiary/aromatic N) is 2. The largest absolute Gasteiger partial charge is 0.399 e. The molecule has 1 unspecified atom stereocenters. The van der Waals surface area contributed by atoms with Gasteiger partial charge < -0.3 is 9.94 Å².